The molecule has 0 unspecified atom stereocenters. The summed E-state index contributed by atoms with van der Waals surface area (Å²) in [6.07, 6.45) is 2.01. The lowest BCUT2D eigenvalue weighted by atomic mass is 9.87. The van der Waals surface area contributed by atoms with Gasteiger partial charge in [-0.05, 0) is 49.9 Å². The second-order valence-electron chi connectivity index (χ2n) is 6.92. The molecule has 1 aromatic carbocycles. The van der Waals surface area contributed by atoms with Crippen molar-refractivity contribution in [1.82, 2.24) is 10.2 Å². The molecule has 3 rings (SSSR count). The van der Waals surface area contributed by atoms with Gasteiger partial charge >= 0.3 is 0 Å². The molecule has 0 bridgehead atoms. The third-order valence-corrected chi connectivity index (χ3v) is 6.40. The molecule has 1 N–H and O–H groups in total. The number of thioether (sulfide) groups is 1. The van der Waals surface area contributed by atoms with Crippen LogP contribution in [-0.2, 0) is 4.74 Å². The molecule has 0 aromatic heterocycles. The first-order chi connectivity index (χ1) is 11.6. The van der Waals surface area contributed by atoms with Gasteiger partial charge in [0.2, 0.25) is 0 Å². The van der Waals surface area contributed by atoms with E-state index >= 15 is 0 Å². The third-order valence-electron chi connectivity index (χ3n) is 5.45. The molecule has 0 spiro atoms. The fourth-order valence-corrected chi connectivity index (χ4v) is 4.53. The van der Waals surface area contributed by atoms with Crippen LogP contribution in [0.5, 0.6) is 0 Å². The van der Waals surface area contributed by atoms with Crippen molar-refractivity contribution in [3.8, 4) is 0 Å². The Morgan fingerprint density at radius 3 is 2.58 bits per heavy atom. The van der Waals surface area contributed by atoms with Gasteiger partial charge in [-0.3, -0.25) is 9.69 Å². The van der Waals surface area contributed by atoms with Crippen LogP contribution in [0.2, 0.25) is 0 Å². The molecule has 0 aliphatic carbocycles. The Bertz CT molecular complexity index is 579. The van der Waals surface area contributed by atoms with E-state index in [4.69, 9.17) is 4.74 Å². The molecule has 0 radical (unpaired) electrons. The number of aryl methyl sites for hydroxylation is 2. The highest BCUT2D eigenvalue weighted by atomic mass is 32.2. The summed E-state index contributed by atoms with van der Waals surface area (Å²) >= 11 is 2.03. The van der Waals surface area contributed by atoms with E-state index in [0.717, 1.165) is 50.3 Å². The first-order valence-corrected chi connectivity index (χ1v) is 10.0. The van der Waals surface area contributed by atoms with Gasteiger partial charge in [0.05, 0.1) is 0 Å². The minimum absolute atomic E-state index is 0.0374. The first-order valence-electron chi connectivity index (χ1n) is 8.87. The fourth-order valence-electron chi connectivity index (χ4n) is 3.62. The average molecular weight is 349 g/mol. The van der Waals surface area contributed by atoms with Crippen LogP contribution in [0, 0.1) is 13.8 Å². The van der Waals surface area contributed by atoms with E-state index in [1.807, 2.05) is 30.0 Å². The fraction of sp³-hybridized carbons (Fsp3) is 0.632. The van der Waals surface area contributed by atoms with Crippen molar-refractivity contribution < 1.29 is 9.53 Å². The van der Waals surface area contributed by atoms with Crippen LogP contribution < -0.4 is 5.32 Å². The highest BCUT2D eigenvalue weighted by molar-refractivity contribution is 7.99. The Kier molecular flexibility index (Phi) is 5.85. The number of nitrogens with one attached hydrogen (secondary N) is 1. The number of amides is 1. The smallest absolute Gasteiger partial charge is 0.251 e. The number of carbonyl (C=O) groups is 1. The molecule has 2 aliphatic heterocycles. The Balaban J connectivity index is 1.68. The van der Waals surface area contributed by atoms with Gasteiger partial charge in [-0.25, -0.2) is 0 Å². The molecule has 2 heterocycles. The highest BCUT2D eigenvalue weighted by Gasteiger charge is 2.39. The number of ether oxygens (including phenoxy) is 1. The van der Waals surface area contributed by atoms with Gasteiger partial charge in [-0.15, -0.1) is 0 Å². The standard InChI is InChI=1S/C19H28N2O2S/c1-15-3-4-17(13-16(15)2)18(22)20-14-19(5-9-23-10-6-19)21-7-11-24-12-8-21/h3-4,13H,5-12,14H2,1-2H3,(H,20,22). The van der Waals surface area contributed by atoms with Crippen molar-refractivity contribution in [1.29, 1.82) is 0 Å². The van der Waals surface area contributed by atoms with Gasteiger partial charge in [0.1, 0.15) is 0 Å². The zero-order valence-corrected chi connectivity index (χ0v) is 15.6. The average Bonchev–Trinajstić information content (AvgIpc) is 2.63. The van der Waals surface area contributed by atoms with E-state index in [1.54, 1.807) is 0 Å². The topological polar surface area (TPSA) is 41.6 Å². The first kappa shape index (κ1) is 17.8. The van der Waals surface area contributed by atoms with Crippen LogP contribution >= 0.6 is 11.8 Å². The second kappa shape index (κ2) is 7.89. The number of nitrogens with zero attached hydrogens (tertiary/aromatic N) is 1. The van der Waals surface area contributed by atoms with E-state index in [1.165, 1.54) is 17.1 Å². The van der Waals surface area contributed by atoms with Crippen molar-refractivity contribution in [2.45, 2.75) is 32.2 Å². The minimum Gasteiger partial charge on any atom is -0.381 e. The van der Waals surface area contributed by atoms with Gasteiger partial charge in [-0.2, -0.15) is 11.8 Å². The van der Waals surface area contributed by atoms with Gasteiger partial charge in [0, 0.05) is 55.5 Å². The molecule has 2 fully saturated rings. The van der Waals surface area contributed by atoms with E-state index in [0.29, 0.717) is 6.54 Å². The maximum atomic E-state index is 12.6. The van der Waals surface area contributed by atoms with E-state index in [-0.39, 0.29) is 11.4 Å². The summed E-state index contributed by atoms with van der Waals surface area (Å²) in [5.74, 6) is 2.41. The molecule has 4 nitrogen and oxygen atoms in total. The number of hydrogen-bond acceptors (Lipinski definition) is 4. The lowest BCUT2D eigenvalue weighted by molar-refractivity contribution is -0.0237. The van der Waals surface area contributed by atoms with Crippen LogP contribution in [0.3, 0.4) is 0 Å². The van der Waals surface area contributed by atoms with Crippen molar-refractivity contribution >= 4 is 17.7 Å². The van der Waals surface area contributed by atoms with Crippen LogP contribution in [0.1, 0.15) is 34.3 Å². The molecule has 24 heavy (non-hydrogen) atoms. The molecule has 2 saturated heterocycles. The SMILES string of the molecule is Cc1ccc(C(=O)NCC2(N3CCSCC3)CCOCC2)cc1C. The predicted molar refractivity (Wildman–Crippen MR) is 99.9 cm³/mol. The Morgan fingerprint density at radius 1 is 1.21 bits per heavy atom. The predicted octanol–water partition coefficient (Wildman–Crippen LogP) is 2.63. The number of benzene rings is 1. The summed E-state index contributed by atoms with van der Waals surface area (Å²) in [5.41, 5.74) is 3.21. The van der Waals surface area contributed by atoms with Crippen molar-refractivity contribution in [3.63, 3.8) is 0 Å². The third kappa shape index (κ3) is 3.95. The molecule has 1 aromatic rings. The van der Waals surface area contributed by atoms with Crippen molar-refractivity contribution in [2.75, 3.05) is 44.4 Å². The number of carbonyl (C=O) groups excluding carboxylic acids is 1. The highest BCUT2D eigenvalue weighted by Crippen LogP contribution is 2.30. The van der Waals surface area contributed by atoms with Crippen LogP contribution in [-0.4, -0.2) is 60.7 Å². The molecule has 132 valence electrons. The molecule has 2 aliphatic rings. The quantitative estimate of drug-likeness (QED) is 0.908. The Morgan fingerprint density at radius 2 is 1.92 bits per heavy atom. The zero-order valence-electron chi connectivity index (χ0n) is 14.8. The van der Waals surface area contributed by atoms with Crippen LogP contribution in [0.15, 0.2) is 18.2 Å². The maximum absolute atomic E-state index is 12.6. The Hall–Kier alpha value is -1.04. The van der Waals surface area contributed by atoms with E-state index in [2.05, 4.69) is 24.1 Å². The molecule has 0 atom stereocenters. The van der Waals surface area contributed by atoms with Gasteiger partial charge in [0.25, 0.3) is 5.91 Å². The summed E-state index contributed by atoms with van der Waals surface area (Å²) in [7, 11) is 0. The Labute approximate surface area is 149 Å². The lowest BCUT2D eigenvalue weighted by Gasteiger charge is -2.48. The number of hydrogen-bond donors (Lipinski definition) is 1. The molecule has 1 amide bonds. The number of rotatable bonds is 4. The van der Waals surface area contributed by atoms with Crippen molar-refractivity contribution in [2.24, 2.45) is 0 Å². The van der Waals surface area contributed by atoms with Crippen LogP contribution in [0.4, 0.5) is 0 Å². The maximum Gasteiger partial charge on any atom is 0.251 e. The zero-order chi connectivity index (χ0) is 17.0. The van der Waals surface area contributed by atoms with E-state index in [9.17, 15) is 4.79 Å². The molecule has 0 saturated carbocycles. The summed E-state index contributed by atoms with van der Waals surface area (Å²) in [4.78, 5) is 15.2. The van der Waals surface area contributed by atoms with Crippen LogP contribution in [0.25, 0.3) is 0 Å². The summed E-state index contributed by atoms with van der Waals surface area (Å²) in [6, 6.07) is 5.93. The summed E-state index contributed by atoms with van der Waals surface area (Å²) in [5, 5.41) is 3.21. The minimum atomic E-state index is 0.0374. The molecular formula is C19H28N2O2S. The van der Waals surface area contributed by atoms with Gasteiger partial charge < -0.3 is 10.1 Å². The van der Waals surface area contributed by atoms with Gasteiger partial charge in [0.15, 0.2) is 0 Å². The van der Waals surface area contributed by atoms with Crippen molar-refractivity contribution in [3.05, 3.63) is 34.9 Å². The van der Waals surface area contributed by atoms with E-state index < -0.39 is 0 Å². The molecular weight excluding hydrogens is 320 g/mol. The normalized spacial score (nSPS) is 21.4. The largest absolute Gasteiger partial charge is 0.381 e. The summed E-state index contributed by atoms with van der Waals surface area (Å²) in [6.45, 7) is 8.66. The van der Waals surface area contributed by atoms with Gasteiger partial charge in [-0.1, -0.05) is 6.07 Å². The molecule has 5 heteroatoms. The summed E-state index contributed by atoms with van der Waals surface area (Å²) < 4.78 is 5.59. The second-order valence-corrected chi connectivity index (χ2v) is 8.14. The monoisotopic (exact) mass is 348 g/mol. The lowest BCUT2D eigenvalue weighted by Crippen LogP contribution is -2.60.